The first-order valence-corrected chi connectivity index (χ1v) is 9.37. The van der Waals surface area contributed by atoms with Gasteiger partial charge in [-0.1, -0.05) is 41.5 Å². The van der Waals surface area contributed by atoms with Crippen LogP contribution in [0.25, 0.3) is 0 Å². The van der Waals surface area contributed by atoms with Crippen molar-refractivity contribution >= 4 is 11.9 Å². The molecule has 0 aromatic heterocycles. The first kappa shape index (κ1) is 18.7. The van der Waals surface area contributed by atoms with Gasteiger partial charge in [0, 0.05) is 12.3 Å². The Morgan fingerprint density at radius 2 is 1.80 bits per heavy atom. The molecule has 3 aliphatic heterocycles. The second-order valence-electron chi connectivity index (χ2n) is 10.5. The van der Waals surface area contributed by atoms with Crippen LogP contribution in [0.1, 0.15) is 61.3 Å². The van der Waals surface area contributed by atoms with Gasteiger partial charge >= 0.3 is 11.9 Å². The number of carbonyl (C=O) groups is 2. The van der Waals surface area contributed by atoms with Gasteiger partial charge in [0.15, 0.2) is 0 Å². The van der Waals surface area contributed by atoms with Gasteiger partial charge < -0.3 is 14.2 Å². The van der Waals surface area contributed by atoms with E-state index in [1.54, 1.807) is 0 Å². The molecule has 0 aliphatic carbocycles. The van der Waals surface area contributed by atoms with Crippen molar-refractivity contribution in [2.24, 2.45) is 28.1 Å². The molecule has 3 fully saturated rings. The zero-order valence-corrected chi connectivity index (χ0v) is 16.5. The highest BCUT2D eigenvalue weighted by Gasteiger charge is 2.62. The molecule has 6 atom stereocenters. The molecule has 0 N–H and O–H groups in total. The summed E-state index contributed by atoms with van der Waals surface area (Å²) in [7, 11) is 0. The molecule has 0 amide bonds. The van der Waals surface area contributed by atoms with Gasteiger partial charge in [-0.25, -0.2) is 0 Å². The highest BCUT2D eigenvalue weighted by Crippen LogP contribution is 2.51. The highest BCUT2D eigenvalue weighted by molar-refractivity contribution is 5.78. The molecule has 3 heterocycles. The molecule has 3 aliphatic rings. The van der Waals surface area contributed by atoms with Crippen LogP contribution in [0.5, 0.6) is 0 Å². The predicted molar refractivity (Wildman–Crippen MR) is 92.7 cm³/mol. The van der Waals surface area contributed by atoms with Crippen LogP contribution in [-0.4, -0.2) is 36.9 Å². The first-order valence-electron chi connectivity index (χ1n) is 9.37. The predicted octanol–water partition coefficient (Wildman–Crippen LogP) is 3.35. The molecule has 0 saturated carbocycles. The Kier molecular flexibility index (Phi) is 4.26. The van der Waals surface area contributed by atoms with E-state index in [-0.39, 0.29) is 52.9 Å². The van der Waals surface area contributed by atoms with Crippen LogP contribution in [0.3, 0.4) is 0 Å². The molecule has 5 nitrogen and oxygen atoms in total. The largest absolute Gasteiger partial charge is 0.465 e. The van der Waals surface area contributed by atoms with Crippen molar-refractivity contribution in [1.29, 1.82) is 0 Å². The number of carbonyl (C=O) groups excluding carboxylic acids is 2. The SMILES string of the molecule is CC(C)(C)CC(C)(C(=O)OC1CC2OC1C1COC(=O)C21)C(C)(C)C. The van der Waals surface area contributed by atoms with E-state index >= 15 is 0 Å². The summed E-state index contributed by atoms with van der Waals surface area (Å²) in [6.07, 6.45) is 0.713. The van der Waals surface area contributed by atoms with Gasteiger partial charge in [0.25, 0.3) is 0 Å². The lowest BCUT2D eigenvalue weighted by Gasteiger charge is -2.44. The van der Waals surface area contributed by atoms with Crippen molar-refractivity contribution in [3.05, 3.63) is 0 Å². The lowest BCUT2D eigenvalue weighted by molar-refractivity contribution is -0.174. The van der Waals surface area contributed by atoms with E-state index in [1.807, 2.05) is 6.92 Å². The molecule has 3 rings (SSSR count). The fourth-order valence-electron chi connectivity index (χ4n) is 4.68. The smallest absolute Gasteiger partial charge is 0.312 e. The van der Waals surface area contributed by atoms with Crippen LogP contribution in [0.2, 0.25) is 0 Å². The van der Waals surface area contributed by atoms with Gasteiger partial charge in [0.2, 0.25) is 0 Å². The van der Waals surface area contributed by atoms with Gasteiger partial charge in [0.1, 0.15) is 12.2 Å². The third kappa shape index (κ3) is 3.09. The van der Waals surface area contributed by atoms with E-state index in [0.717, 1.165) is 6.42 Å². The van der Waals surface area contributed by atoms with Crippen LogP contribution in [0, 0.1) is 28.1 Å². The van der Waals surface area contributed by atoms with Gasteiger partial charge in [-0.2, -0.15) is 0 Å². The lowest BCUT2D eigenvalue weighted by atomic mass is 9.61. The monoisotopic (exact) mass is 352 g/mol. The summed E-state index contributed by atoms with van der Waals surface area (Å²) in [4.78, 5) is 25.0. The van der Waals surface area contributed by atoms with E-state index < -0.39 is 5.41 Å². The van der Waals surface area contributed by atoms with Crippen LogP contribution >= 0.6 is 0 Å². The van der Waals surface area contributed by atoms with Crippen LogP contribution in [0.15, 0.2) is 0 Å². The molecule has 0 aromatic carbocycles. The van der Waals surface area contributed by atoms with E-state index in [4.69, 9.17) is 14.2 Å². The summed E-state index contributed by atoms with van der Waals surface area (Å²) >= 11 is 0. The summed E-state index contributed by atoms with van der Waals surface area (Å²) in [5.74, 6) is -0.441. The molecular formula is C20H32O5. The summed E-state index contributed by atoms with van der Waals surface area (Å²) in [5.41, 5.74) is -0.789. The summed E-state index contributed by atoms with van der Waals surface area (Å²) < 4.78 is 17.1. The third-order valence-electron chi connectivity index (χ3n) is 6.39. The Morgan fingerprint density at radius 3 is 2.36 bits per heavy atom. The maximum atomic E-state index is 13.2. The second-order valence-corrected chi connectivity index (χ2v) is 10.5. The zero-order chi connectivity index (χ0) is 18.8. The maximum absolute atomic E-state index is 13.2. The van der Waals surface area contributed by atoms with Crippen LogP contribution in [-0.2, 0) is 23.8 Å². The van der Waals surface area contributed by atoms with Crippen LogP contribution in [0.4, 0.5) is 0 Å². The normalized spacial score (nSPS) is 36.8. The molecule has 0 spiro atoms. The second kappa shape index (κ2) is 5.70. The number of hydrogen-bond acceptors (Lipinski definition) is 5. The minimum Gasteiger partial charge on any atom is -0.465 e. The molecule has 0 aromatic rings. The van der Waals surface area contributed by atoms with Crippen LogP contribution < -0.4 is 0 Å². The molecule has 0 radical (unpaired) electrons. The Bertz CT molecular complexity index is 570. The van der Waals surface area contributed by atoms with Crippen molar-refractivity contribution in [1.82, 2.24) is 0 Å². The Labute approximate surface area is 150 Å². The molecule has 6 unspecified atom stereocenters. The molecular weight excluding hydrogens is 320 g/mol. The fraction of sp³-hybridized carbons (Fsp3) is 0.900. The third-order valence-corrected chi connectivity index (χ3v) is 6.39. The number of ether oxygens (including phenoxy) is 3. The number of rotatable bonds is 3. The van der Waals surface area contributed by atoms with Crippen molar-refractivity contribution in [3.63, 3.8) is 0 Å². The first-order chi connectivity index (χ1) is 11.3. The fourth-order valence-corrected chi connectivity index (χ4v) is 4.68. The topological polar surface area (TPSA) is 61.8 Å². The summed E-state index contributed by atoms with van der Waals surface area (Å²) in [6.45, 7) is 15.1. The number of cyclic esters (lactones) is 1. The molecule has 142 valence electrons. The standard InChI is InChI=1S/C20H32O5/c1-18(2,3)10-20(7,19(4,5)6)17(22)25-13-8-12-14-11(15(13)24-12)9-23-16(14)21/h11-15H,8-10H2,1-7H3. The Balaban J connectivity index is 1.74. The van der Waals surface area contributed by atoms with E-state index in [2.05, 4.69) is 41.5 Å². The molecule has 5 heteroatoms. The minimum atomic E-state index is -0.589. The van der Waals surface area contributed by atoms with E-state index in [1.165, 1.54) is 0 Å². The van der Waals surface area contributed by atoms with Crippen molar-refractivity contribution in [2.75, 3.05) is 6.61 Å². The summed E-state index contributed by atoms with van der Waals surface area (Å²) in [6, 6.07) is 0. The number of esters is 2. The maximum Gasteiger partial charge on any atom is 0.312 e. The van der Waals surface area contributed by atoms with Gasteiger partial charge in [-0.15, -0.1) is 0 Å². The van der Waals surface area contributed by atoms with Gasteiger partial charge in [-0.05, 0) is 24.2 Å². The lowest BCUT2D eigenvalue weighted by Crippen LogP contribution is -2.48. The van der Waals surface area contributed by atoms with Crippen molar-refractivity contribution in [3.8, 4) is 0 Å². The average molecular weight is 352 g/mol. The number of hydrogen-bond donors (Lipinski definition) is 0. The summed E-state index contributed by atoms with van der Waals surface area (Å²) in [5, 5.41) is 0. The molecule has 2 bridgehead atoms. The quantitative estimate of drug-likeness (QED) is 0.729. The Hall–Kier alpha value is -1.10. The van der Waals surface area contributed by atoms with Crippen molar-refractivity contribution in [2.45, 2.75) is 79.6 Å². The van der Waals surface area contributed by atoms with E-state index in [0.29, 0.717) is 13.0 Å². The highest BCUT2D eigenvalue weighted by atomic mass is 16.6. The molecule has 25 heavy (non-hydrogen) atoms. The zero-order valence-electron chi connectivity index (χ0n) is 16.5. The number of fused-ring (bicyclic) bond motifs is 5. The van der Waals surface area contributed by atoms with Crippen molar-refractivity contribution < 1.29 is 23.8 Å². The average Bonchev–Trinajstić information content (AvgIpc) is 3.08. The molecule has 3 saturated heterocycles. The van der Waals surface area contributed by atoms with Gasteiger partial charge in [-0.3, -0.25) is 9.59 Å². The van der Waals surface area contributed by atoms with Gasteiger partial charge in [0.05, 0.1) is 24.0 Å². The Morgan fingerprint density at radius 1 is 1.16 bits per heavy atom. The van der Waals surface area contributed by atoms with E-state index in [9.17, 15) is 9.59 Å². The minimum absolute atomic E-state index is 0.0169.